The number of imidazole rings is 1. The summed E-state index contributed by atoms with van der Waals surface area (Å²) in [4.78, 5) is 21.5. The summed E-state index contributed by atoms with van der Waals surface area (Å²) in [5.41, 5.74) is 8.58. The van der Waals surface area contributed by atoms with E-state index < -0.39 is 15.4 Å². The first-order valence-corrected chi connectivity index (χ1v) is 13.2. The lowest BCUT2D eigenvalue weighted by atomic mass is 9.70. The highest BCUT2D eigenvalue weighted by Gasteiger charge is 2.65. The number of nitrogens with two attached hydrogens (primary N) is 1. The van der Waals surface area contributed by atoms with Crippen molar-refractivity contribution in [3.8, 4) is 0 Å². The van der Waals surface area contributed by atoms with Crippen LogP contribution < -0.4 is 10.5 Å². The molecule has 2 heterocycles. The average Bonchev–Trinajstić information content (AvgIpc) is 3.24. The second-order valence-corrected chi connectivity index (χ2v) is 12.0. The van der Waals surface area contributed by atoms with Gasteiger partial charge >= 0.3 is 0 Å². The summed E-state index contributed by atoms with van der Waals surface area (Å²) in [7, 11) is -3.58. The van der Waals surface area contributed by atoms with Gasteiger partial charge in [0.05, 0.1) is 24.5 Å². The predicted molar refractivity (Wildman–Crippen MR) is 127 cm³/mol. The third-order valence-corrected chi connectivity index (χ3v) is 9.71. The van der Waals surface area contributed by atoms with Crippen LogP contribution in [0, 0.1) is 37.5 Å². The van der Waals surface area contributed by atoms with Gasteiger partial charge in [-0.3, -0.25) is 4.79 Å². The molecule has 182 valence electrons. The van der Waals surface area contributed by atoms with Crippen LogP contribution in [0.25, 0.3) is 11.0 Å². The van der Waals surface area contributed by atoms with E-state index in [9.17, 15) is 13.2 Å². The van der Waals surface area contributed by atoms with Crippen molar-refractivity contribution < 1.29 is 17.9 Å². The third-order valence-electron chi connectivity index (χ3n) is 8.19. The van der Waals surface area contributed by atoms with Gasteiger partial charge in [-0.15, -0.1) is 0 Å². The fourth-order valence-corrected chi connectivity index (χ4v) is 7.72. The lowest BCUT2D eigenvalue weighted by Crippen LogP contribution is -2.45. The minimum atomic E-state index is -3.58. The van der Waals surface area contributed by atoms with Gasteiger partial charge in [0.15, 0.2) is 5.82 Å². The quantitative estimate of drug-likeness (QED) is 0.530. The number of carbonyl (C=O) groups is 1. The SMILES string of the molecule is Cc1nc(N)c2nc(C)n(CCOCCNS(=O)(=O)CC34CC[C@@H](CC3=O)C4(C)C)c2c1C. The van der Waals surface area contributed by atoms with E-state index in [4.69, 9.17) is 10.5 Å². The van der Waals surface area contributed by atoms with Crippen molar-refractivity contribution >= 4 is 32.7 Å². The topological polar surface area (TPSA) is 129 Å². The first-order valence-electron chi connectivity index (χ1n) is 11.6. The Hall–Kier alpha value is -2.04. The molecular weight excluding hydrogens is 442 g/mol. The molecule has 2 aliphatic carbocycles. The monoisotopic (exact) mass is 477 g/mol. The summed E-state index contributed by atoms with van der Waals surface area (Å²) in [5, 5.41) is 0. The zero-order valence-corrected chi connectivity index (χ0v) is 21.0. The number of nitrogens with zero attached hydrogens (tertiary/aromatic N) is 3. The van der Waals surface area contributed by atoms with Crippen LogP contribution in [-0.4, -0.2) is 54.2 Å². The van der Waals surface area contributed by atoms with Crippen molar-refractivity contribution in [3.63, 3.8) is 0 Å². The van der Waals surface area contributed by atoms with Gasteiger partial charge in [0, 0.05) is 30.6 Å². The van der Waals surface area contributed by atoms with E-state index >= 15 is 0 Å². The lowest BCUT2D eigenvalue weighted by molar-refractivity contribution is -0.128. The van der Waals surface area contributed by atoms with Gasteiger partial charge in [0.1, 0.15) is 17.1 Å². The highest BCUT2D eigenvalue weighted by Crippen LogP contribution is 2.64. The smallest absolute Gasteiger partial charge is 0.212 e. The highest BCUT2D eigenvalue weighted by molar-refractivity contribution is 7.89. The molecule has 0 radical (unpaired) electrons. The molecule has 0 saturated heterocycles. The molecule has 2 fully saturated rings. The Morgan fingerprint density at radius 3 is 2.58 bits per heavy atom. The maximum Gasteiger partial charge on any atom is 0.212 e. The number of rotatable bonds is 9. The molecule has 0 amide bonds. The number of nitrogen functional groups attached to an aromatic ring is 1. The number of nitrogens with one attached hydrogen (secondary N) is 1. The van der Waals surface area contributed by atoms with Gasteiger partial charge in [-0.25, -0.2) is 23.1 Å². The van der Waals surface area contributed by atoms with Crippen molar-refractivity contribution in [2.45, 2.75) is 60.4 Å². The van der Waals surface area contributed by atoms with Crippen molar-refractivity contribution in [1.82, 2.24) is 19.3 Å². The van der Waals surface area contributed by atoms with E-state index in [0.717, 1.165) is 29.0 Å². The van der Waals surface area contributed by atoms with E-state index in [1.165, 1.54) is 0 Å². The number of aryl methyl sites for hydroxylation is 3. The van der Waals surface area contributed by atoms with Crippen molar-refractivity contribution in [2.24, 2.45) is 16.7 Å². The number of hydrogen-bond donors (Lipinski definition) is 2. The number of sulfonamides is 1. The number of fused-ring (bicyclic) bond motifs is 3. The maximum absolute atomic E-state index is 12.8. The Morgan fingerprint density at radius 1 is 1.21 bits per heavy atom. The molecule has 1 unspecified atom stereocenters. The molecule has 2 bridgehead atoms. The normalized spacial score (nSPS) is 24.3. The summed E-state index contributed by atoms with van der Waals surface area (Å²) in [6.45, 7) is 11.3. The first-order chi connectivity index (χ1) is 15.4. The predicted octanol–water partition coefficient (Wildman–Crippen LogP) is 2.27. The summed E-state index contributed by atoms with van der Waals surface area (Å²) in [5.74, 6) is 1.52. The molecule has 2 aromatic heterocycles. The van der Waals surface area contributed by atoms with Crippen LogP contribution in [0.3, 0.4) is 0 Å². The van der Waals surface area contributed by atoms with E-state index in [1.807, 2.05) is 34.6 Å². The van der Waals surface area contributed by atoms with Crippen molar-refractivity contribution in [2.75, 3.05) is 31.2 Å². The van der Waals surface area contributed by atoms with E-state index in [2.05, 4.69) is 19.3 Å². The van der Waals surface area contributed by atoms with Crippen LogP contribution >= 0.6 is 0 Å². The van der Waals surface area contributed by atoms with E-state index in [-0.39, 0.29) is 30.1 Å². The Kier molecular flexibility index (Phi) is 6.07. The molecule has 0 aromatic carbocycles. The van der Waals surface area contributed by atoms with Crippen LogP contribution in [0.15, 0.2) is 0 Å². The highest BCUT2D eigenvalue weighted by atomic mass is 32.2. The van der Waals surface area contributed by atoms with Gasteiger partial charge in [0.25, 0.3) is 0 Å². The van der Waals surface area contributed by atoms with E-state index in [1.54, 1.807) is 0 Å². The van der Waals surface area contributed by atoms with Crippen LogP contribution in [0.2, 0.25) is 0 Å². The minimum absolute atomic E-state index is 0.106. The minimum Gasteiger partial charge on any atom is -0.382 e. The summed E-state index contributed by atoms with van der Waals surface area (Å²) in [6.07, 6.45) is 2.10. The van der Waals surface area contributed by atoms with Gasteiger partial charge in [-0.1, -0.05) is 13.8 Å². The van der Waals surface area contributed by atoms with Crippen LogP contribution in [0.1, 0.15) is 50.2 Å². The largest absolute Gasteiger partial charge is 0.382 e. The van der Waals surface area contributed by atoms with Crippen molar-refractivity contribution in [1.29, 1.82) is 0 Å². The number of ether oxygens (including phenoxy) is 1. The van der Waals surface area contributed by atoms with Crippen LogP contribution in [-0.2, 0) is 26.1 Å². The molecule has 4 rings (SSSR count). The maximum atomic E-state index is 12.8. The second kappa shape index (κ2) is 8.32. The second-order valence-electron chi connectivity index (χ2n) is 10.1. The average molecular weight is 478 g/mol. The number of pyridine rings is 1. The molecule has 2 aliphatic rings. The summed E-state index contributed by atoms with van der Waals surface area (Å²) >= 11 is 0. The Bertz CT molecular complexity index is 1200. The number of carbonyl (C=O) groups excluding carboxylic acids is 1. The zero-order chi connectivity index (χ0) is 24.2. The standard InChI is InChI=1S/C23H35N5O4S/c1-14-15(2)26-21(24)19-20(14)28(16(3)27-19)9-11-32-10-8-25-33(30,31)13-23-7-6-17(12-18(23)29)22(23,4)5/h17,25H,6-13H2,1-5H3,(H2,24,26)/t17-,23?/m0/s1. The molecule has 10 heteroatoms. The van der Waals surface area contributed by atoms with Gasteiger partial charge in [-0.2, -0.15) is 0 Å². The zero-order valence-electron chi connectivity index (χ0n) is 20.2. The number of anilines is 1. The summed E-state index contributed by atoms with van der Waals surface area (Å²) < 4.78 is 35.9. The number of ketones is 1. The molecule has 0 aliphatic heterocycles. The summed E-state index contributed by atoms with van der Waals surface area (Å²) in [6, 6.07) is 0. The van der Waals surface area contributed by atoms with Crippen LogP contribution in [0.4, 0.5) is 5.82 Å². The number of aromatic nitrogens is 3. The van der Waals surface area contributed by atoms with Crippen molar-refractivity contribution in [3.05, 3.63) is 17.1 Å². The van der Waals surface area contributed by atoms with E-state index in [0.29, 0.717) is 43.2 Å². The molecule has 2 aromatic rings. The Balaban J connectivity index is 1.30. The van der Waals surface area contributed by atoms with Crippen LogP contribution in [0.5, 0.6) is 0 Å². The Labute approximate surface area is 195 Å². The number of hydrogen-bond acceptors (Lipinski definition) is 7. The van der Waals surface area contributed by atoms with Gasteiger partial charge in [-0.05, 0) is 50.5 Å². The molecular formula is C23H35N5O4S. The third kappa shape index (κ3) is 3.95. The first kappa shape index (κ1) is 24.1. The lowest BCUT2D eigenvalue weighted by Gasteiger charge is -2.36. The molecule has 2 atom stereocenters. The Morgan fingerprint density at radius 2 is 1.94 bits per heavy atom. The number of Topliss-reactive ketones (excluding diaryl/α,β-unsaturated/α-hetero) is 1. The van der Waals surface area contributed by atoms with Gasteiger partial charge < -0.3 is 15.0 Å². The fraction of sp³-hybridized carbons (Fsp3) is 0.696. The molecule has 3 N–H and O–H groups in total. The van der Waals surface area contributed by atoms with Gasteiger partial charge in [0.2, 0.25) is 10.0 Å². The molecule has 0 spiro atoms. The molecule has 9 nitrogen and oxygen atoms in total. The molecule has 2 saturated carbocycles. The fourth-order valence-electron chi connectivity index (χ4n) is 5.90. The molecule has 33 heavy (non-hydrogen) atoms.